The topological polar surface area (TPSA) is 62.7 Å². The van der Waals surface area contributed by atoms with Gasteiger partial charge in [0, 0.05) is 25.1 Å². The van der Waals surface area contributed by atoms with Crippen LogP contribution in [0.1, 0.15) is 23.1 Å². The van der Waals surface area contributed by atoms with Gasteiger partial charge in [0.2, 0.25) is 5.91 Å². The van der Waals surface area contributed by atoms with Gasteiger partial charge in [-0.3, -0.25) is 14.5 Å². The largest absolute Gasteiger partial charge is 0.352 e. The molecule has 0 radical (unpaired) electrons. The third kappa shape index (κ3) is 4.46. The number of nitrogens with one attached hydrogen (secondary N) is 2. The number of aromatic amines is 1. The molecule has 0 aliphatic carbocycles. The Morgan fingerprint density at radius 3 is 2.62 bits per heavy atom. The minimum Gasteiger partial charge on any atom is -0.352 e. The standard InChI is InChI=1S/C20H22N4OS/c1-14-5-3-7-16(11-14)13-21-18(25)9-10-24-19(22-23-20(24)26)17-8-4-6-15(2)12-17/h3-8,11-12H,9-10,13H2,1-2H3,(H,21,25)(H,23,26). The molecule has 2 N–H and O–H groups in total. The van der Waals surface area contributed by atoms with Crippen LogP contribution < -0.4 is 5.32 Å². The molecule has 0 bridgehead atoms. The van der Waals surface area contributed by atoms with Gasteiger partial charge in [-0.1, -0.05) is 53.6 Å². The van der Waals surface area contributed by atoms with Gasteiger partial charge in [-0.05, 0) is 37.7 Å². The number of hydrogen-bond acceptors (Lipinski definition) is 3. The van der Waals surface area contributed by atoms with Gasteiger partial charge in [-0.25, -0.2) is 0 Å². The molecular weight excluding hydrogens is 344 g/mol. The van der Waals surface area contributed by atoms with Gasteiger partial charge < -0.3 is 5.32 Å². The van der Waals surface area contributed by atoms with Crippen LogP contribution in [0.15, 0.2) is 48.5 Å². The zero-order valence-corrected chi connectivity index (χ0v) is 15.8. The Morgan fingerprint density at radius 2 is 1.88 bits per heavy atom. The maximum absolute atomic E-state index is 12.2. The minimum absolute atomic E-state index is 0.00945. The molecule has 0 saturated carbocycles. The summed E-state index contributed by atoms with van der Waals surface area (Å²) >= 11 is 5.33. The van der Waals surface area contributed by atoms with Crippen LogP contribution in [-0.2, 0) is 17.9 Å². The van der Waals surface area contributed by atoms with Crippen molar-refractivity contribution in [1.29, 1.82) is 0 Å². The summed E-state index contributed by atoms with van der Waals surface area (Å²) in [5.74, 6) is 0.745. The number of carbonyl (C=O) groups excluding carboxylic acids is 1. The van der Waals surface area contributed by atoms with E-state index in [2.05, 4.69) is 27.6 Å². The fourth-order valence-corrected chi connectivity index (χ4v) is 3.08. The van der Waals surface area contributed by atoms with Crippen molar-refractivity contribution in [2.45, 2.75) is 33.4 Å². The van der Waals surface area contributed by atoms with E-state index in [4.69, 9.17) is 12.2 Å². The Labute approximate surface area is 158 Å². The quantitative estimate of drug-likeness (QED) is 0.650. The summed E-state index contributed by atoms with van der Waals surface area (Å²) in [4.78, 5) is 12.2. The molecule has 5 nitrogen and oxygen atoms in total. The fraction of sp³-hybridized carbons (Fsp3) is 0.250. The maximum Gasteiger partial charge on any atom is 0.222 e. The predicted molar refractivity (Wildman–Crippen MR) is 105 cm³/mol. The van der Waals surface area contributed by atoms with Crippen molar-refractivity contribution in [3.63, 3.8) is 0 Å². The normalized spacial score (nSPS) is 10.7. The molecule has 26 heavy (non-hydrogen) atoms. The molecule has 3 rings (SSSR count). The van der Waals surface area contributed by atoms with Gasteiger partial charge in [-0.2, -0.15) is 5.10 Å². The lowest BCUT2D eigenvalue weighted by Crippen LogP contribution is -2.24. The molecule has 3 aromatic rings. The Balaban J connectivity index is 1.64. The molecule has 134 valence electrons. The van der Waals surface area contributed by atoms with Crippen LogP contribution >= 0.6 is 12.2 Å². The zero-order chi connectivity index (χ0) is 18.5. The Hall–Kier alpha value is -2.73. The number of aromatic nitrogens is 3. The van der Waals surface area contributed by atoms with Gasteiger partial charge in [0.05, 0.1) is 0 Å². The van der Waals surface area contributed by atoms with Crippen molar-refractivity contribution in [2.24, 2.45) is 0 Å². The molecule has 0 atom stereocenters. The SMILES string of the molecule is Cc1cccc(CNC(=O)CCn2c(-c3cccc(C)c3)n[nH]c2=S)c1. The van der Waals surface area contributed by atoms with Crippen molar-refractivity contribution in [3.8, 4) is 11.4 Å². The van der Waals surface area contributed by atoms with E-state index in [-0.39, 0.29) is 5.91 Å². The first-order valence-electron chi connectivity index (χ1n) is 8.57. The monoisotopic (exact) mass is 366 g/mol. The highest BCUT2D eigenvalue weighted by atomic mass is 32.1. The number of hydrogen-bond donors (Lipinski definition) is 2. The van der Waals surface area contributed by atoms with E-state index < -0.39 is 0 Å². The molecule has 1 heterocycles. The van der Waals surface area contributed by atoms with Crippen LogP contribution in [0.3, 0.4) is 0 Å². The van der Waals surface area contributed by atoms with Gasteiger partial charge >= 0.3 is 0 Å². The second-order valence-corrected chi connectivity index (χ2v) is 6.78. The van der Waals surface area contributed by atoms with Crippen molar-refractivity contribution in [3.05, 3.63) is 70.0 Å². The number of H-pyrrole nitrogens is 1. The second kappa shape index (κ2) is 8.10. The number of carbonyl (C=O) groups is 1. The lowest BCUT2D eigenvalue weighted by molar-refractivity contribution is -0.121. The Bertz CT molecular complexity index is 974. The highest BCUT2D eigenvalue weighted by Crippen LogP contribution is 2.18. The average molecular weight is 366 g/mol. The van der Waals surface area contributed by atoms with Crippen molar-refractivity contribution >= 4 is 18.1 Å². The molecule has 0 fully saturated rings. The predicted octanol–water partition coefficient (Wildman–Crippen LogP) is 3.93. The molecule has 6 heteroatoms. The van der Waals surface area contributed by atoms with Crippen LogP contribution in [0.25, 0.3) is 11.4 Å². The fourth-order valence-electron chi connectivity index (χ4n) is 2.85. The third-order valence-electron chi connectivity index (χ3n) is 4.17. The van der Waals surface area contributed by atoms with Crippen LogP contribution in [0.2, 0.25) is 0 Å². The Kier molecular flexibility index (Phi) is 5.63. The molecule has 0 saturated heterocycles. The van der Waals surface area contributed by atoms with Crippen LogP contribution in [0, 0.1) is 18.6 Å². The molecule has 1 aromatic heterocycles. The molecule has 0 unspecified atom stereocenters. The molecule has 0 aliphatic rings. The molecule has 1 amide bonds. The van der Waals surface area contributed by atoms with E-state index in [1.807, 2.05) is 54.8 Å². The van der Waals surface area contributed by atoms with E-state index >= 15 is 0 Å². The number of aryl methyl sites for hydroxylation is 2. The minimum atomic E-state index is -0.00945. The maximum atomic E-state index is 12.2. The van der Waals surface area contributed by atoms with E-state index in [1.54, 1.807) is 0 Å². The number of nitrogens with zero attached hydrogens (tertiary/aromatic N) is 2. The number of amides is 1. The third-order valence-corrected chi connectivity index (χ3v) is 4.48. The average Bonchev–Trinajstić information content (AvgIpc) is 2.99. The summed E-state index contributed by atoms with van der Waals surface area (Å²) in [6, 6.07) is 16.2. The summed E-state index contributed by atoms with van der Waals surface area (Å²) in [5.41, 5.74) is 4.42. The lowest BCUT2D eigenvalue weighted by atomic mass is 10.1. The van der Waals surface area contributed by atoms with Crippen molar-refractivity contribution in [1.82, 2.24) is 20.1 Å². The van der Waals surface area contributed by atoms with E-state index in [0.29, 0.717) is 24.3 Å². The smallest absolute Gasteiger partial charge is 0.222 e. The summed E-state index contributed by atoms with van der Waals surface area (Å²) in [7, 11) is 0. The zero-order valence-electron chi connectivity index (χ0n) is 15.0. The van der Waals surface area contributed by atoms with Crippen molar-refractivity contribution in [2.75, 3.05) is 0 Å². The number of benzene rings is 2. The molecule has 0 spiro atoms. The van der Waals surface area contributed by atoms with E-state index in [1.165, 1.54) is 5.56 Å². The van der Waals surface area contributed by atoms with Crippen LogP contribution in [0.4, 0.5) is 0 Å². The first-order valence-corrected chi connectivity index (χ1v) is 8.98. The summed E-state index contributed by atoms with van der Waals surface area (Å²) in [5, 5.41) is 10.1. The van der Waals surface area contributed by atoms with Gasteiger partial charge in [-0.15, -0.1) is 0 Å². The summed E-state index contributed by atoms with van der Waals surface area (Å²) in [6.45, 7) is 5.09. The molecule has 0 aliphatic heterocycles. The van der Waals surface area contributed by atoms with Gasteiger partial charge in [0.15, 0.2) is 10.6 Å². The second-order valence-electron chi connectivity index (χ2n) is 6.39. The summed E-state index contributed by atoms with van der Waals surface area (Å²) < 4.78 is 2.39. The first kappa shape index (κ1) is 18.1. The van der Waals surface area contributed by atoms with E-state index in [0.717, 1.165) is 22.5 Å². The highest BCUT2D eigenvalue weighted by molar-refractivity contribution is 7.71. The van der Waals surface area contributed by atoms with E-state index in [9.17, 15) is 4.79 Å². The Morgan fingerprint density at radius 1 is 1.15 bits per heavy atom. The molecule has 2 aromatic carbocycles. The number of rotatable bonds is 6. The van der Waals surface area contributed by atoms with Crippen LogP contribution in [0.5, 0.6) is 0 Å². The van der Waals surface area contributed by atoms with Gasteiger partial charge in [0.1, 0.15) is 0 Å². The first-order chi connectivity index (χ1) is 12.5. The van der Waals surface area contributed by atoms with Gasteiger partial charge in [0.25, 0.3) is 0 Å². The highest BCUT2D eigenvalue weighted by Gasteiger charge is 2.11. The molecular formula is C20H22N4OS. The summed E-state index contributed by atoms with van der Waals surface area (Å²) in [6.07, 6.45) is 0.346. The van der Waals surface area contributed by atoms with Crippen LogP contribution in [-0.4, -0.2) is 20.7 Å². The lowest BCUT2D eigenvalue weighted by Gasteiger charge is -2.09. The van der Waals surface area contributed by atoms with Crippen molar-refractivity contribution < 1.29 is 4.79 Å².